The Kier molecular flexibility index (Phi) is 5.59. The molecule has 0 saturated carbocycles. The van der Waals surface area contributed by atoms with Crippen molar-refractivity contribution in [1.29, 1.82) is 0 Å². The number of carbonyl (C=O) groups excluding carboxylic acids is 2. The van der Waals surface area contributed by atoms with E-state index in [1.54, 1.807) is 0 Å². The van der Waals surface area contributed by atoms with Gasteiger partial charge in [0.2, 0.25) is 11.8 Å². The van der Waals surface area contributed by atoms with Crippen LogP contribution in [-0.2, 0) is 22.6 Å². The Balaban J connectivity index is 1.72. The molecule has 0 bridgehead atoms. The first kappa shape index (κ1) is 19.5. The SMILES string of the molecule is CCc1[nH]c2c(CNC(=O)C3CC(=O)N(CC(C)C)C3)cc(C)cc2c1C. The number of nitrogens with zero attached hydrogens (tertiary/aromatic N) is 1. The van der Waals surface area contributed by atoms with Crippen LogP contribution in [0.3, 0.4) is 0 Å². The number of aryl methyl sites for hydroxylation is 3. The number of likely N-dealkylation sites (tertiary alicyclic amines) is 1. The Morgan fingerprint density at radius 3 is 2.74 bits per heavy atom. The number of carbonyl (C=O) groups is 2. The number of aromatic amines is 1. The molecule has 5 nitrogen and oxygen atoms in total. The predicted molar refractivity (Wildman–Crippen MR) is 109 cm³/mol. The maximum Gasteiger partial charge on any atom is 0.225 e. The van der Waals surface area contributed by atoms with Gasteiger partial charge in [-0.25, -0.2) is 0 Å². The second-order valence-electron chi connectivity index (χ2n) is 8.24. The van der Waals surface area contributed by atoms with Gasteiger partial charge in [-0.1, -0.05) is 32.4 Å². The van der Waals surface area contributed by atoms with Crippen molar-refractivity contribution in [3.8, 4) is 0 Å². The molecular weight excluding hydrogens is 338 g/mol. The Labute approximate surface area is 161 Å². The first-order valence-electron chi connectivity index (χ1n) is 9.96. The van der Waals surface area contributed by atoms with E-state index in [1.807, 2.05) is 4.90 Å². The van der Waals surface area contributed by atoms with E-state index in [1.165, 1.54) is 22.2 Å². The molecule has 0 radical (unpaired) electrons. The second-order valence-corrected chi connectivity index (χ2v) is 8.24. The van der Waals surface area contributed by atoms with Gasteiger partial charge in [0.1, 0.15) is 0 Å². The summed E-state index contributed by atoms with van der Waals surface area (Å²) in [6, 6.07) is 4.33. The summed E-state index contributed by atoms with van der Waals surface area (Å²) in [5.41, 5.74) is 5.93. The zero-order valence-electron chi connectivity index (χ0n) is 17.1. The predicted octanol–water partition coefficient (Wildman–Crippen LogP) is 3.47. The van der Waals surface area contributed by atoms with Gasteiger partial charge in [-0.3, -0.25) is 9.59 Å². The van der Waals surface area contributed by atoms with Gasteiger partial charge in [0.15, 0.2) is 0 Å². The molecule has 1 aromatic carbocycles. The van der Waals surface area contributed by atoms with Crippen LogP contribution in [0.15, 0.2) is 12.1 Å². The highest BCUT2D eigenvalue weighted by molar-refractivity contribution is 5.90. The van der Waals surface area contributed by atoms with Crippen LogP contribution < -0.4 is 5.32 Å². The van der Waals surface area contributed by atoms with Crippen molar-refractivity contribution in [3.63, 3.8) is 0 Å². The van der Waals surface area contributed by atoms with Gasteiger partial charge < -0.3 is 15.2 Å². The summed E-state index contributed by atoms with van der Waals surface area (Å²) < 4.78 is 0. The number of fused-ring (bicyclic) bond motifs is 1. The fourth-order valence-electron chi connectivity index (χ4n) is 4.10. The second kappa shape index (κ2) is 7.75. The van der Waals surface area contributed by atoms with Gasteiger partial charge in [-0.15, -0.1) is 0 Å². The number of hydrogen-bond donors (Lipinski definition) is 2. The molecule has 1 fully saturated rings. The van der Waals surface area contributed by atoms with Crippen molar-refractivity contribution in [2.45, 2.75) is 54.0 Å². The highest BCUT2D eigenvalue weighted by Crippen LogP contribution is 2.27. The van der Waals surface area contributed by atoms with Crippen molar-refractivity contribution in [2.75, 3.05) is 13.1 Å². The van der Waals surface area contributed by atoms with E-state index in [0.29, 0.717) is 25.4 Å². The monoisotopic (exact) mass is 369 g/mol. The number of benzene rings is 1. The van der Waals surface area contributed by atoms with Crippen molar-refractivity contribution < 1.29 is 9.59 Å². The Morgan fingerprint density at radius 2 is 2.07 bits per heavy atom. The van der Waals surface area contributed by atoms with Crippen molar-refractivity contribution >= 4 is 22.7 Å². The van der Waals surface area contributed by atoms with E-state index in [-0.39, 0.29) is 17.7 Å². The molecule has 1 unspecified atom stereocenters. The van der Waals surface area contributed by atoms with Crippen LogP contribution in [0.2, 0.25) is 0 Å². The first-order valence-corrected chi connectivity index (χ1v) is 9.96. The molecule has 1 atom stereocenters. The molecule has 146 valence electrons. The van der Waals surface area contributed by atoms with Gasteiger partial charge >= 0.3 is 0 Å². The Morgan fingerprint density at radius 1 is 1.33 bits per heavy atom. The average Bonchev–Trinajstić information content (AvgIpc) is 3.13. The summed E-state index contributed by atoms with van der Waals surface area (Å²) >= 11 is 0. The van der Waals surface area contributed by atoms with E-state index in [9.17, 15) is 9.59 Å². The van der Waals surface area contributed by atoms with E-state index in [2.05, 4.69) is 57.1 Å². The van der Waals surface area contributed by atoms with Crippen LogP contribution in [-0.4, -0.2) is 34.8 Å². The zero-order valence-corrected chi connectivity index (χ0v) is 17.1. The molecule has 27 heavy (non-hydrogen) atoms. The van der Waals surface area contributed by atoms with Crippen molar-refractivity contribution in [1.82, 2.24) is 15.2 Å². The topological polar surface area (TPSA) is 65.2 Å². The minimum atomic E-state index is -0.242. The summed E-state index contributed by atoms with van der Waals surface area (Å²) in [6.45, 7) is 12.3. The lowest BCUT2D eigenvalue weighted by atomic mass is 10.0. The molecular formula is C22H31N3O2. The fraction of sp³-hybridized carbons (Fsp3) is 0.545. The number of H-pyrrole nitrogens is 1. The lowest BCUT2D eigenvalue weighted by molar-refractivity contribution is -0.129. The van der Waals surface area contributed by atoms with Crippen LogP contribution in [0.1, 0.15) is 49.6 Å². The number of amides is 2. The highest BCUT2D eigenvalue weighted by Gasteiger charge is 2.34. The van der Waals surface area contributed by atoms with E-state index in [4.69, 9.17) is 0 Å². The quantitative estimate of drug-likeness (QED) is 0.819. The number of hydrogen-bond acceptors (Lipinski definition) is 2. The molecule has 2 heterocycles. The van der Waals surface area contributed by atoms with Crippen LogP contribution in [0, 0.1) is 25.7 Å². The van der Waals surface area contributed by atoms with Crippen LogP contribution in [0.5, 0.6) is 0 Å². The molecule has 5 heteroatoms. The number of nitrogens with one attached hydrogen (secondary N) is 2. The minimum Gasteiger partial charge on any atom is -0.358 e. The number of aromatic nitrogens is 1. The maximum atomic E-state index is 12.6. The normalized spacial score (nSPS) is 17.3. The number of rotatable bonds is 6. The summed E-state index contributed by atoms with van der Waals surface area (Å²) in [5.74, 6) is 0.242. The third kappa shape index (κ3) is 4.02. The van der Waals surface area contributed by atoms with Crippen LogP contribution in [0.25, 0.3) is 10.9 Å². The van der Waals surface area contributed by atoms with Gasteiger partial charge in [0.25, 0.3) is 0 Å². The molecule has 1 aromatic heterocycles. The lowest BCUT2D eigenvalue weighted by Gasteiger charge is -2.18. The van der Waals surface area contributed by atoms with Gasteiger partial charge in [-0.05, 0) is 43.4 Å². The summed E-state index contributed by atoms with van der Waals surface area (Å²) in [5, 5.41) is 4.30. The van der Waals surface area contributed by atoms with Crippen molar-refractivity contribution in [3.05, 3.63) is 34.5 Å². The smallest absolute Gasteiger partial charge is 0.225 e. The van der Waals surface area contributed by atoms with Gasteiger partial charge in [0, 0.05) is 37.1 Å². The largest absolute Gasteiger partial charge is 0.358 e. The fourth-order valence-corrected chi connectivity index (χ4v) is 4.10. The zero-order chi connectivity index (χ0) is 19.7. The minimum absolute atomic E-state index is 0.0248. The average molecular weight is 370 g/mol. The first-order chi connectivity index (χ1) is 12.8. The molecule has 1 saturated heterocycles. The third-order valence-electron chi connectivity index (χ3n) is 5.47. The molecule has 2 amide bonds. The maximum absolute atomic E-state index is 12.6. The Hall–Kier alpha value is -2.30. The molecule has 2 aromatic rings. The van der Waals surface area contributed by atoms with Crippen LogP contribution >= 0.6 is 0 Å². The lowest BCUT2D eigenvalue weighted by Crippen LogP contribution is -2.33. The van der Waals surface area contributed by atoms with Crippen LogP contribution in [0.4, 0.5) is 0 Å². The van der Waals surface area contributed by atoms with E-state index < -0.39 is 0 Å². The molecule has 0 spiro atoms. The summed E-state index contributed by atoms with van der Waals surface area (Å²) in [4.78, 5) is 30.1. The van der Waals surface area contributed by atoms with Gasteiger partial charge in [0.05, 0.1) is 11.4 Å². The molecule has 2 N–H and O–H groups in total. The molecule has 1 aliphatic heterocycles. The van der Waals surface area contributed by atoms with Crippen molar-refractivity contribution in [2.24, 2.45) is 11.8 Å². The standard InChI is InChI=1S/C22H31N3O2/c1-6-19-15(5)18-8-14(4)7-16(21(18)24-19)10-23-22(27)17-9-20(26)25(12-17)11-13(2)3/h7-8,13,17,24H,6,9-12H2,1-5H3,(H,23,27). The summed E-state index contributed by atoms with van der Waals surface area (Å²) in [6.07, 6.45) is 1.28. The molecule has 1 aliphatic rings. The summed E-state index contributed by atoms with van der Waals surface area (Å²) in [7, 11) is 0. The molecule has 3 rings (SSSR count). The highest BCUT2D eigenvalue weighted by atomic mass is 16.2. The van der Waals surface area contributed by atoms with E-state index >= 15 is 0 Å². The Bertz CT molecular complexity index is 866. The van der Waals surface area contributed by atoms with E-state index in [0.717, 1.165) is 24.0 Å². The molecule has 0 aliphatic carbocycles. The third-order valence-corrected chi connectivity index (χ3v) is 5.47. The van der Waals surface area contributed by atoms with Gasteiger partial charge in [-0.2, -0.15) is 0 Å².